The van der Waals surface area contributed by atoms with Gasteiger partial charge in [0.25, 0.3) is 0 Å². The number of phosphoric ester groups is 2. The van der Waals surface area contributed by atoms with Gasteiger partial charge in [-0.05, 0) is 6.42 Å². The van der Waals surface area contributed by atoms with Crippen molar-refractivity contribution in [2.75, 3.05) is 0 Å². The lowest BCUT2D eigenvalue weighted by Gasteiger charge is -2.17. The van der Waals surface area contributed by atoms with Gasteiger partial charge in [-0.15, -0.1) is 4.67 Å². The molecule has 0 aliphatic carbocycles. The van der Waals surface area contributed by atoms with Crippen molar-refractivity contribution in [2.24, 2.45) is 0 Å². The van der Waals surface area contributed by atoms with Gasteiger partial charge in [0.05, 0.1) is 0 Å². The van der Waals surface area contributed by atoms with Crippen LogP contribution < -0.4 is 0 Å². The second-order valence-electron chi connectivity index (χ2n) is 2.09. The van der Waals surface area contributed by atoms with Crippen molar-refractivity contribution in [3.05, 3.63) is 0 Å². The van der Waals surface area contributed by atoms with E-state index in [4.69, 9.17) is 19.9 Å². The van der Waals surface area contributed by atoms with E-state index in [9.17, 15) is 9.13 Å². The van der Waals surface area contributed by atoms with Gasteiger partial charge in [0.1, 0.15) is 0 Å². The van der Waals surface area contributed by atoms with Crippen LogP contribution in [0.1, 0.15) is 13.3 Å². The first kappa shape index (κ1) is 14.2. The second-order valence-corrected chi connectivity index (χ2v) is 4.59. The van der Waals surface area contributed by atoms with Crippen LogP contribution in [0.3, 0.4) is 0 Å². The third kappa shape index (κ3) is 6.61. The van der Waals surface area contributed by atoms with Gasteiger partial charge in [-0.3, -0.25) is 9.05 Å². The molecule has 0 rings (SSSR count). The SMILES string of the molecule is CCC(OP(=O)(O)O)OP(=O)(O)OO. The highest BCUT2D eigenvalue weighted by Gasteiger charge is 2.30. The molecule has 0 saturated carbocycles. The van der Waals surface area contributed by atoms with Crippen LogP contribution in [0.4, 0.5) is 0 Å². The molecule has 86 valence electrons. The largest absolute Gasteiger partial charge is 0.501 e. The molecular weight excluding hydrogens is 242 g/mol. The van der Waals surface area contributed by atoms with Crippen molar-refractivity contribution in [1.29, 1.82) is 0 Å². The van der Waals surface area contributed by atoms with Crippen LogP contribution in [0.15, 0.2) is 0 Å². The lowest BCUT2D eigenvalue weighted by molar-refractivity contribution is -0.175. The maximum atomic E-state index is 10.6. The molecule has 0 aromatic rings. The van der Waals surface area contributed by atoms with Crippen molar-refractivity contribution >= 4 is 15.6 Å². The zero-order valence-corrected chi connectivity index (χ0v) is 8.80. The molecule has 0 spiro atoms. The van der Waals surface area contributed by atoms with Crippen molar-refractivity contribution in [1.82, 2.24) is 0 Å². The minimum Gasteiger partial charge on any atom is -0.303 e. The highest BCUT2D eigenvalue weighted by Crippen LogP contribution is 2.47. The molecule has 0 radical (unpaired) electrons. The molecule has 2 atom stereocenters. The second kappa shape index (κ2) is 5.32. The van der Waals surface area contributed by atoms with Crippen LogP contribution in [0.2, 0.25) is 0 Å². The Balaban J connectivity index is 4.31. The first-order valence-corrected chi connectivity index (χ1v) is 6.31. The average molecular weight is 252 g/mol. The van der Waals surface area contributed by atoms with Gasteiger partial charge < -0.3 is 14.7 Å². The molecule has 2 unspecified atom stereocenters. The van der Waals surface area contributed by atoms with Gasteiger partial charge in [-0.1, -0.05) is 6.92 Å². The number of hydrogen-bond acceptors (Lipinski definition) is 6. The van der Waals surface area contributed by atoms with E-state index in [2.05, 4.69) is 13.7 Å². The summed E-state index contributed by atoms with van der Waals surface area (Å²) in [5.41, 5.74) is 0. The number of rotatable bonds is 6. The normalized spacial score (nSPS) is 18.9. The van der Waals surface area contributed by atoms with Crippen molar-refractivity contribution < 1.29 is 42.8 Å². The fourth-order valence-electron chi connectivity index (χ4n) is 0.489. The van der Waals surface area contributed by atoms with Gasteiger partial charge in [-0.25, -0.2) is 14.4 Å². The third-order valence-electron chi connectivity index (χ3n) is 0.942. The lowest BCUT2D eigenvalue weighted by Crippen LogP contribution is -2.13. The third-order valence-corrected chi connectivity index (χ3v) is 2.16. The molecule has 0 aromatic carbocycles. The summed E-state index contributed by atoms with van der Waals surface area (Å²) in [6.45, 7) is 1.37. The Hall–Kier alpha value is 0.180. The van der Waals surface area contributed by atoms with E-state index in [0.29, 0.717) is 0 Å². The molecule has 0 bridgehead atoms. The molecule has 0 heterocycles. The van der Waals surface area contributed by atoms with Gasteiger partial charge in [0, 0.05) is 0 Å². The Bertz CT molecular complexity index is 257. The van der Waals surface area contributed by atoms with Crippen molar-refractivity contribution in [3.8, 4) is 0 Å². The molecule has 0 fully saturated rings. The van der Waals surface area contributed by atoms with E-state index in [1.807, 2.05) is 0 Å². The van der Waals surface area contributed by atoms with Crippen LogP contribution in [-0.2, 0) is 22.9 Å². The predicted molar refractivity (Wildman–Crippen MR) is 41.8 cm³/mol. The number of hydrogen-bond donors (Lipinski definition) is 4. The summed E-state index contributed by atoms with van der Waals surface area (Å²) >= 11 is 0. The van der Waals surface area contributed by atoms with Crippen LogP contribution in [0.5, 0.6) is 0 Å². The molecule has 0 aliphatic rings. The smallest absolute Gasteiger partial charge is 0.303 e. The standard InChI is InChI=1S/C3H10O9P2/c1-2-3(10-13(5,6)7)11-14(8,9)12-4/h3-4H,2H2,1H3,(H,8,9)(H2,5,6,7). The summed E-state index contributed by atoms with van der Waals surface area (Å²) < 4.78 is 31.9. The van der Waals surface area contributed by atoms with Crippen LogP contribution in [0, 0.1) is 0 Å². The van der Waals surface area contributed by atoms with Crippen LogP contribution >= 0.6 is 15.6 Å². The predicted octanol–water partition coefficient (Wildman–Crippen LogP) is 0.438. The van der Waals surface area contributed by atoms with E-state index in [1.165, 1.54) is 6.92 Å². The Morgan fingerprint density at radius 2 is 1.71 bits per heavy atom. The fourth-order valence-corrected chi connectivity index (χ4v) is 1.58. The maximum absolute atomic E-state index is 10.6. The van der Waals surface area contributed by atoms with Gasteiger partial charge >= 0.3 is 15.6 Å². The zero-order valence-electron chi connectivity index (χ0n) is 7.01. The Labute approximate surface area is 79.0 Å². The quantitative estimate of drug-likeness (QED) is 0.229. The van der Waals surface area contributed by atoms with Gasteiger partial charge in [-0.2, -0.15) is 0 Å². The summed E-state index contributed by atoms with van der Waals surface area (Å²) in [6, 6.07) is 0. The highest BCUT2D eigenvalue weighted by molar-refractivity contribution is 7.47. The molecule has 11 heteroatoms. The van der Waals surface area contributed by atoms with Crippen molar-refractivity contribution in [2.45, 2.75) is 19.6 Å². The molecule has 0 saturated heterocycles. The molecule has 9 nitrogen and oxygen atoms in total. The minimum absolute atomic E-state index is 0.126. The Kier molecular flexibility index (Phi) is 5.38. The highest BCUT2D eigenvalue weighted by atomic mass is 31.2. The maximum Gasteiger partial charge on any atom is 0.501 e. The Morgan fingerprint density at radius 3 is 2.00 bits per heavy atom. The summed E-state index contributed by atoms with van der Waals surface area (Å²) in [5.74, 6) is 0. The average Bonchev–Trinajstić information content (AvgIpc) is 2.00. The Morgan fingerprint density at radius 1 is 1.21 bits per heavy atom. The zero-order chi connectivity index (χ0) is 11.4. The van der Waals surface area contributed by atoms with Gasteiger partial charge in [0.15, 0.2) is 6.29 Å². The molecule has 0 aromatic heterocycles. The number of phosphoric acid groups is 2. The summed E-state index contributed by atoms with van der Waals surface area (Å²) in [5, 5.41) is 7.85. The van der Waals surface area contributed by atoms with Crippen LogP contribution in [-0.4, -0.2) is 26.2 Å². The van der Waals surface area contributed by atoms with E-state index < -0.39 is 21.9 Å². The van der Waals surface area contributed by atoms with Crippen LogP contribution in [0.25, 0.3) is 0 Å². The van der Waals surface area contributed by atoms with Gasteiger partial charge in [0.2, 0.25) is 0 Å². The van der Waals surface area contributed by atoms with E-state index in [1.54, 1.807) is 0 Å². The van der Waals surface area contributed by atoms with E-state index >= 15 is 0 Å². The summed E-state index contributed by atoms with van der Waals surface area (Å²) in [4.78, 5) is 25.2. The molecule has 14 heavy (non-hydrogen) atoms. The van der Waals surface area contributed by atoms with Crippen molar-refractivity contribution in [3.63, 3.8) is 0 Å². The fraction of sp³-hybridized carbons (Fsp3) is 1.00. The molecular formula is C3H10O9P2. The summed E-state index contributed by atoms with van der Waals surface area (Å²) in [7, 11) is -9.57. The minimum atomic E-state index is -4.83. The topological polar surface area (TPSA) is 143 Å². The van der Waals surface area contributed by atoms with E-state index in [-0.39, 0.29) is 6.42 Å². The molecule has 0 aliphatic heterocycles. The molecule has 4 N–H and O–H groups in total. The van der Waals surface area contributed by atoms with E-state index in [0.717, 1.165) is 0 Å². The lowest BCUT2D eigenvalue weighted by atomic mass is 10.5. The summed E-state index contributed by atoms with van der Waals surface area (Å²) in [6.07, 6.45) is -1.78. The molecule has 0 amide bonds. The first-order chi connectivity index (χ1) is 6.20. The monoisotopic (exact) mass is 252 g/mol. The first-order valence-electron chi connectivity index (χ1n) is 3.28.